The predicted molar refractivity (Wildman–Crippen MR) is 130 cm³/mol. The van der Waals surface area contributed by atoms with Crippen LogP contribution in [0.2, 0.25) is 0 Å². The van der Waals surface area contributed by atoms with E-state index in [-0.39, 0.29) is 17.9 Å². The fourth-order valence-corrected chi connectivity index (χ4v) is 5.36. The second kappa shape index (κ2) is 10.8. The van der Waals surface area contributed by atoms with Gasteiger partial charge >= 0.3 is 6.16 Å². The van der Waals surface area contributed by atoms with Gasteiger partial charge in [0.05, 0.1) is 24.9 Å². The Hall–Kier alpha value is -4.35. The number of ether oxygens (including phenoxy) is 3. The van der Waals surface area contributed by atoms with Crippen molar-refractivity contribution in [1.29, 1.82) is 0 Å². The Kier molecular flexibility index (Phi) is 7.27. The summed E-state index contributed by atoms with van der Waals surface area (Å²) in [4.78, 5) is 39.5. The number of aromatic nitrogens is 2. The lowest BCUT2D eigenvalue weighted by Crippen LogP contribution is -2.51. The highest BCUT2D eigenvalue weighted by Gasteiger charge is 2.49. The van der Waals surface area contributed by atoms with E-state index in [2.05, 4.69) is 9.84 Å². The highest BCUT2D eigenvalue weighted by Crippen LogP contribution is 2.46. The molecule has 1 saturated heterocycles. The summed E-state index contributed by atoms with van der Waals surface area (Å²) >= 11 is 0. The van der Waals surface area contributed by atoms with Crippen LogP contribution in [0.25, 0.3) is 0 Å². The third-order valence-corrected chi connectivity index (χ3v) is 6.94. The van der Waals surface area contributed by atoms with Gasteiger partial charge in [-0.3, -0.25) is 14.3 Å². The molecule has 204 valence electrons. The number of rotatable bonds is 7. The average molecular weight is 543 g/mol. The summed E-state index contributed by atoms with van der Waals surface area (Å²) in [5.41, 5.74) is -0.533. The van der Waals surface area contributed by atoms with Crippen molar-refractivity contribution in [2.24, 2.45) is 0 Å². The molecule has 3 atom stereocenters. The van der Waals surface area contributed by atoms with Crippen molar-refractivity contribution in [1.82, 2.24) is 14.7 Å². The van der Waals surface area contributed by atoms with Crippen molar-refractivity contribution in [2.75, 3.05) is 19.9 Å². The summed E-state index contributed by atoms with van der Waals surface area (Å²) in [5.74, 6) is -4.55. The van der Waals surface area contributed by atoms with E-state index >= 15 is 4.39 Å². The highest BCUT2D eigenvalue weighted by atomic mass is 19.2. The van der Waals surface area contributed by atoms with Gasteiger partial charge < -0.3 is 19.1 Å². The number of halogens is 3. The van der Waals surface area contributed by atoms with Crippen LogP contribution >= 0.6 is 0 Å². The Morgan fingerprint density at radius 3 is 2.62 bits per heavy atom. The molecule has 3 aromatic rings. The van der Waals surface area contributed by atoms with Gasteiger partial charge in [0, 0.05) is 18.0 Å². The van der Waals surface area contributed by atoms with Crippen molar-refractivity contribution in [3.05, 3.63) is 93.2 Å². The fraction of sp³-hybridized carbons (Fsp3) is 0.333. The number of carbonyl (C=O) groups excluding carboxylic acids is 2. The molecule has 0 radical (unpaired) electrons. The quantitative estimate of drug-likeness (QED) is 0.326. The SMILES string of the molecule is CCOC(=O)OCOc1c2n(ncc1=O)[C@@H]([C@H](c1ccc(F)cc1)c1cccc(F)c1F)[C@H]1CCCN1C2=O. The summed E-state index contributed by atoms with van der Waals surface area (Å²) in [6.07, 6.45) is 1.07. The maximum Gasteiger partial charge on any atom is 0.511 e. The summed E-state index contributed by atoms with van der Waals surface area (Å²) in [7, 11) is 0. The van der Waals surface area contributed by atoms with Crippen molar-refractivity contribution in [3.63, 3.8) is 0 Å². The van der Waals surface area contributed by atoms with Crippen LogP contribution in [-0.4, -0.2) is 52.7 Å². The van der Waals surface area contributed by atoms with Gasteiger partial charge in [-0.2, -0.15) is 5.10 Å². The first-order chi connectivity index (χ1) is 18.8. The maximum absolute atomic E-state index is 15.3. The zero-order chi connectivity index (χ0) is 27.7. The third-order valence-electron chi connectivity index (χ3n) is 6.94. The Balaban J connectivity index is 1.67. The maximum atomic E-state index is 15.3. The molecule has 1 aromatic heterocycles. The van der Waals surface area contributed by atoms with Crippen LogP contribution in [0.5, 0.6) is 5.75 Å². The molecular formula is C27H24F3N3O6. The zero-order valence-corrected chi connectivity index (χ0v) is 20.8. The smallest absolute Gasteiger partial charge is 0.451 e. The van der Waals surface area contributed by atoms with Crippen LogP contribution < -0.4 is 10.2 Å². The van der Waals surface area contributed by atoms with E-state index in [1.54, 1.807) is 11.8 Å². The molecule has 0 bridgehead atoms. The zero-order valence-electron chi connectivity index (χ0n) is 20.8. The number of hydrogen-bond acceptors (Lipinski definition) is 7. The average Bonchev–Trinajstić information content (AvgIpc) is 3.41. The van der Waals surface area contributed by atoms with Crippen molar-refractivity contribution in [2.45, 2.75) is 37.8 Å². The molecule has 9 nitrogen and oxygen atoms in total. The Bertz CT molecular complexity index is 1460. The molecule has 3 heterocycles. The van der Waals surface area contributed by atoms with Crippen LogP contribution in [0.3, 0.4) is 0 Å². The molecule has 0 N–H and O–H groups in total. The number of fused-ring (bicyclic) bond motifs is 2. The third kappa shape index (κ3) is 4.82. The molecule has 2 aliphatic heterocycles. The molecule has 1 amide bonds. The molecule has 2 aromatic carbocycles. The monoisotopic (exact) mass is 543 g/mol. The van der Waals surface area contributed by atoms with Crippen LogP contribution in [-0.2, 0) is 9.47 Å². The summed E-state index contributed by atoms with van der Waals surface area (Å²) in [5, 5.41) is 4.24. The van der Waals surface area contributed by atoms with Crippen molar-refractivity contribution in [3.8, 4) is 5.75 Å². The first-order valence-corrected chi connectivity index (χ1v) is 12.4. The summed E-state index contributed by atoms with van der Waals surface area (Å²) in [6.45, 7) is 1.28. The number of carbonyl (C=O) groups is 2. The van der Waals surface area contributed by atoms with Crippen LogP contribution in [0, 0.1) is 17.5 Å². The van der Waals surface area contributed by atoms with E-state index in [0.29, 0.717) is 24.9 Å². The van der Waals surface area contributed by atoms with E-state index in [1.807, 2.05) is 0 Å². The molecule has 12 heteroatoms. The van der Waals surface area contributed by atoms with E-state index in [1.165, 1.54) is 41.1 Å². The Morgan fingerprint density at radius 2 is 1.87 bits per heavy atom. The standard InChI is InChI=1S/C27H24F3N3O6/c1-2-37-27(36)39-14-38-25-20(34)13-31-33-23(19-7-4-12-32(19)26(35)24(25)33)21(15-8-10-16(28)11-9-15)17-5-3-6-18(29)22(17)30/h3,5-6,8-11,13,19,21,23H,2,4,7,12,14H2,1H3/t19-,21-,23-/m1/s1. The first kappa shape index (κ1) is 26.3. The fourth-order valence-electron chi connectivity index (χ4n) is 5.36. The lowest BCUT2D eigenvalue weighted by molar-refractivity contribution is 0.00496. The molecule has 0 aliphatic carbocycles. The first-order valence-electron chi connectivity index (χ1n) is 12.4. The van der Waals surface area contributed by atoms with E-state index < -0.39 is 65.5 Å². The van der Waals surface area contributed by atoms with Crippen molar-refractivity contribution < 1.29 is 37.0 Å². The predicted octanol–water partition coefficient (Wildman–Crippen LogP) is 4.16. The molecular weight excluding hydrogens is 519 g/mol. The molecule has 39 heavy (non-hydrogen) atoms. The van der Waals surface area contributed by atoms with Gasteiger partial charge in [-0.25, -0.2) is 18.0 Å². The van der Waals surface area contributed by atoms with E-state index in [9.17, 15) is 23.2 Å². The van der Waals surface area contributed by atoms with Gasteiger partial charge in [0.2, 0.25) is 18.0 Å². The molecule has 0 unspecified atom stereocenters. The molecule has 5 rings (SSSR count). The number of benzene rings is 2. The minimum Gasteiger partial charge on any atom is -0.451 e. The van der Waals surface area contributed by atoms with Gasteiger partial charge in [-0.15, -0.1) is 0 Å². The van der Waals surface area contributed by atoms with Gasteiger partial charge in [0.15, 0.2) is 17.3 Å². The molecule has 0 spiro atoms. The van der Waals surface area contributed by atoms with Gasteiger partial charge in [0.1, 0.15) is 5.82 Å². The molecule has 0 saturated carbocycles. The Labute approximate surface area is 220 Å². The number of amides is 1. The van der Waals surface area contributed by atoms with E-state index in [4.69, 9.17) is 9.47 Å². The topological polar surface area (TPSA) is 100.0 Å². The number of hydrogen-bond donors (Lipinski definition) is 0. The highest BCUT2D eigenvalue weighted by molar-refractivity contribution is 5.96. The van der Waals surface area contributed by atoms with Crippen molar-refractivity contribution >= 4 is 12.1 Å². The molecule has 1 fully saturated rings. The second-order valence-electron chi connectivity index (χ2n) is 9.09. The second-order valence-corrected chi connectivity index (χ2v) is 9.09. The van der Waals surface area contributed by atoms with E-state index in [0.717, 1.165) is 12.3 Å². The summed E-state index contributed by atoms with van der Waals surface area (Å²) < 4.78 is 59.8. The van der Waals surface area contributed by atoms with Crippen LogP contribution in [0.4, 0.5) is 18.0 Å². The lowest BCUT2D eigenvalue weighted by Gasteiger charge is -2.42. The summed E-state index contributed by atoms with van der Waals surface area (Å²) in [6, 6.07) is 7.81. The van der Waals surface area contributed by atoms with Gasteiger partial charge in [0.25, 0.3) is 5.91 Å². The lowest BCUT2D eigenvalue weighted by atomic mass is 9.79. The molecule has 2 aliphatic rings. The minimum absolute atomic E-state index is 0.0210. The van der Waals surface area contributed by atoms with Gasteiger partial charge in [-0.05, 0) is 43.5 Å². The van der Waals surface area contributed by atoms with Crippen LogP contribution in [0.15, 0.2) is 53.5 Å². The Morgan fingerprint density at radius 1 is 1.10 bits per heavy atom. The number of nitrogens with zero attached hydrogens (tertiary/aromatic N) is 3. The minimum atomic E-state index is -1.09. The van der Waals surface area contributed by atoms with Gasteiger partial charge in [-0.1, -0.05) is 24.3 Å². The normalized spacial score (nSPS) is 18.8. The largest absolute Gasteiger partial charge is 0.511 e. The van der Waals surface area contributed by atoms with Crippen LogP contribution in [0.1, 0.15) is 53.3 Å².